The molecule has 0 aliphatic carbocycles. The molecule has 0 bridgehead atoms. The van der Waals surface area contributed by atoms with Gasteiger partial charge in [0.05, 0.1) is 11.9 Å². The van der Waals surface area contributed by atoms with Crippen LogP contribution in [0.3, 0.4) is 0 Å². The number of nitrogens with one attached hydrogen (secondary N) is 2. The van der Waals surface area contributed by atoms with Crippen LogP contribution in [0.4, 0.5) is 5.95 Å². The van der Waals surface area contributed by atoms with Crippen LogP contribution in [0, 0.1) is 0 Å². The van der Waals surface area contributed by atoms with Gasteiger partial charge in [0.15, 0.2) is 0 Å². The molecule has 4 heterocycles. The lowest BCUT2D eigenvalue weighted by Crippen LogP contribution is -2.35. The molecule has 2 aromatic heterocycles. The van der Waals surface area contributed by atoms with E-state index in [1.807, 2.05) is 6.20 Å². The maximum absolute atomic E-state index is 12.3. The number of hydrogen-bond acceptors (Lipinski definition) is 5. The first-order valence-electron chi connectivity index (χ1n) is 10.5. The molecule has 152 valence electrons. The van der Waals surface area contributed by atoms with Crippen molar-refractivity contribution < 1.29 is 0 Å². The van der Waals surface area contributed by atoms with E-state index < -0.39 is 0 Å². The van der Waals surface area contributed by atoms with E-state index in [0.29, 0.717) is 5.92 Å². The fraction of sp³-hybridized carbons (Fsp3) is 0.667. The summed E-state index contributed by atoms with van der Waals surface area (Å²) in [6.45, 7) is 11.5. The summed E-state index contributed by atoms with van der Waals surface area (Å²) in [4.78, 5) is 24.7. The number of aromatic nitrogens is 4. The Hall–Kier alpha value is -2.15. The van der Waals surface area contributed by atoms with Gasteiger partial charge in [0.1, 0.15) is 0 Å². The van der Waals surface area contributed by atoms with Crippen LogP contribution in [0.1, 0.15) is 69.3 Å². The molecule has 2 fully saturated rings. The van der Waals surface area contributed by atoms with Gasteiger partial charge in [0, 0.05) is 54.8 Å². The first-order valence-corrected chi connectivity index (χ1v) is 10.5. The van der Waals surface area contributed by atoms with Gasteiger partial charge in [0.25, 0.3) is 5.56 Å². The molecule has 7 heteroatoms. The lowest BCUT2D eigenvalue weighted by atomic mass is 9.89. The molecule has 0 saturated carbocycles. The highest BCUT2D eigenvalue weighted by Crippen LogP contribution is 2.29. The lowest BCUT2D eigenvalue weighted by Gasteiger charge is -2.33. The van der Waals surface area contributed by atoms with Gasteiger partial charge in [-0.3, -0.25) is 19.8 Å². The van der Waals surface area contributed by atoms with E-state index in [-0.39, 0.29) is 11.0 Å². The Labute approximate surface area is 166 Å². The Morgan fingerprint density at radius 2 is 1.96 bits per heavy atom. The molecule has 0 radical (unpaired) electrons. The van der Waals surface area contributed by atoms with Gasteiger partial charge in [-0.25, -0.2) is 4.98 Å². The van der Waals surface area contributed by atoms with Gasteiger partial charge in [-0.05, 0) is 32.2 Å². The summed E-state index contributed by atoms with van der Waals surface area (Å²) in [7, 11) is 0. The van der Waals surface area contributed by atoms with Gasteiger partial charge in [-0.2, -0.15) is 5.10 Å². The van der Waals surface area contributed by atoms with Crippen LogP contribution in [0.2, 0.25) is 0 Å². The zero-order valence-corrected chi connectivity index (χ0v) is 17.3. The molecule has 2 aliphatic rings. The number of likely N-dealkylation sites (tertiary alicyclic amines) is 1. The molecule has 0 amide bonds. The predicted molar refractivity (Wildman–Crippen MR) is 111 cm³/mol. The van der Waals surface area contributed by atoms with Crippen LogP contribution in [-0.4, -0.2) is 51.2 Å². The summed E-state index contributed by atoms with van der Waals surface area (Å²) in [6.07, 6.45) is 6.52. The normalized spacial score (nSPS) is 21.4. The monoisotopic (exact) mass is 384 g/mol. The van der Waals surface area contributed by atoms with Crippen molar-refractivity contribution in [3.05, 3.63) is 39.6 Å². The maximum atomic E-state index is 12.3. The van der Waals surface area contributed by atoms with Crippen LogP contribution in [0.15, 0.2) is 17.1 Å². The number of H-pyrrole nitrogens is 2. The summed E-state index contributed by atoms with van der Waals surface area (Å²) in [5.41, 5.74) is 3.44. The van der Waals surface area contributed by atoms with Crippen molar-refractivity contribution >= 4 is 5.95 Å². The first-order chi connectivity index (χ1) is 13.4. The molecule has 0 aromatic carbocycles. The van der Waals surface area contributed by atoms with E-state index in [9.17, 15) is 4.79 Å². The highest BCUT2D eigenvalue weighted by atomic mass is 16.1. The topological polar surface area (TPSA) is 80.9 Å². The van der Waals surface area contributed by atoms with Gasteiger partial charge in [0.2, 0.25) is 5.95 Å². The summed E-state index contributed by atoms with van der Waals surface area (Å²) in [5, 5.41) is 7.47. The van der Waals surface area contributed by atoms with Crippen LogP contribution in [0.5, 0.6) is 0 Å². The minimum Gasteiger partial charge on any atom is -0.342 e. The van der Waals surface area contributed by atoms with E-state index >= 15 is 0 Å². The second-order valence-corrected chi connectivity index (χ2v) is 9.28. The summed E-state index contributed by atoms with van der Waals surface area (Å²) < 4.78 is 0. The van der Waals surface area contributed by atoms with E-state index in [4.69, 9.17) is 4.98 Å². The Bertz CT molecular complexity index is 858. The molecule has 4 rings (SSSR count). The second-order valence-electron chi connectivity index (χ2n) is 9.28. The van der Waals surface area contributed by atoms with Crippen molar-refractivity contribution in [2.45, 2.75) is 64.3 Å². The highest BCUT2D eigenvalue weighted by Gasteiger charge is 2.27. The fourth-order valence-electron chi connectivity index (χ4n) is 4.51. The molecule has 7 nitrogen and oxygen atoms in total. The number of aromatic amines is 2. The SMILES string of the molecule is CC(C)(C)c1[nH]ncc1CN1CCCC(c2cc(=O)[nH]c(N3CCCC3)n2)C1. The largest absolute Gasteiger partial charge is 0.342 e. The lowest BCUT2D eigenvalue weighted by molar-refractivity contribution is 0.197. The zero-order valence-electron chi connectivity index (χ0n) is 17.3. The van der Waals surface area contributed by atoms with Gasteiger partial charge in [-0.1, -0.05) is 20.8 Å². The maximum Gasteiger partial charge on any atom is 0.252 e. The molecule has 2 aromatic rings. The average Bonchev–Trinajstić information content (AvgIpc) is 3.33. The predicted octanol–water partition coefficient (Wildman–Crippen LogP) is 2.77. The minimum atomic E-state index is -0.0334. The Balaban J connectivity index is 1.50. The first kappa shape index (κ1) is 19.2. The zero-order chi connectivity index (χ0) is 19.7. The number of rotatable bonds is 4. The molecule has 1 atom stereocenters. The summed E-state index contributed by atoms with van der Waals surface area (Å²) >= 11 is 0. The molecule has 1 unspecified atom stereocenters. The van der Waals surface area contributed by atoms with E-state index in [0.717, 1.165) is 57.2 Å². The smallest absolute Gasteiger partial charge is 0.252 e. The van der Waals surface area contributed by atoms with E-state index in [1.165, 1.54) is 24.1 Å². The average molecular weight is 385 g/mol. The van der Waals surface area contributed by atoms with E-state index in [1.54, 1.807) is 6.07 Å². The third-order valence-electron chi connectivity index (χ3n) is 5.94. The number of nitrogens with zero attached hydrogens (tertiary/aromatic N) is 4. The molecule has 28 heavy (non-hydrogen) atoms. The Morgan fingerprint density at radius 1 is 1.18 bits per heavy atom. The number of anilines is 1. The van der Waals surface area contributed by atoms with Crippen LogP contribution >= 0.6 is 0 Å². The molecular formula is C21H32N6O. The summed E-state index contributed by atoms with van der Waals surface area (Å²) in [6, 6.07) is 1.70. The standard InChI is InChI=1S/C21H32N6O/c1-21(2,3)19-16(12-22-25-19)14-26-8-6-7-15(13-26)17-11-18(28)24-20(23-17)27-9-4-5-10-27/h11-12,15H,4-10,13-14H2,1-3H3,(H,22,25)(H,23,24,28). The van der Waals surface area contributed by atoms with Crippen molar-refractivity contribution in [2.24, 2.45) is 0 Å². The highest BCUT2D eigenvalue weighted by molar-refractivity contribution is 5.32. The van der Waals surface area contributed by atoms with Crippen molar-refractivity contribution in [1.29, 1.82) is 0 Å². The van der Waals surface area contributed by atoms with Gasteiger partial charge >= 0.3 is 0 Å². The Morgan fingerprint density at radius 3 is 2.71 bits per heavy atom. The third-order valence-corrected chi connectivity index (χ3v) is 5.94. The number of piperidine rings is 1. The summed E-state index contributed by atoms with van der Waals surface area (Å²) in [5.74, 6) is 1.06. The van der Waals surface area contributed by atoms with E-state index in [2.05, 4.69) is 45.8 Å². The van der Waals surface area contributed by atoms with Gasteiger partial charge in [-0.15, -0.1) is 0 Å². The van der Waals surface area contributed by atoms with Crippen molar-refractivity contribution in [3.8, 4) is 0 Å². The molecule has 2 N–H and O–H groups in total. The Kier molecular flexibility index (Phi) is 5.27. The third kappa shape index (κ3) is 4.14. The van der Waals surface area contributed by atoms with Crippen LogP contribution < -0.4 is 10.5 Å². The van der Waals surface area contributed by atoms with Crippen LogP contribution in [-0.2, 0) is 12.0 Å². The number of hydrogen-bond donors (Lipinski definition) is 2. The van der Waals surface area contributed by atoms with Gasteiger partial charge < -0.3 is 4.90 Å². The molecule has 2 saturated heterocycles. The fourth-order valence-corrected chi connectivity index (χ4v) is 4.51. The van der Waals surface area contributed by atoms with Crippen molar-refractivity contribution in [1.82, 2.24) is 25.1 Å². The quantitative estimate of drug-likeness (QED) is 0.847. The minimum absolute atomic E-state index is 0.0334. The molecule has 2 aliphatic heterocycles. The second kappa shape index (κ2) is 7.70. The molecular weight excluding hydrogens is 352 g/mol. The van der Waals surface area contributed by atoms with Crippen molar-refractivity contribution in [2.75, 3.05) is 31.1 Å². The van der Waals surface area contributed by atoms with Crippen LogP contribution in [0.25, 0.3) is 0 Å². The van der Waals surface area contributed by atoms with Crippen molar-refractivity contribution in [3.63, 3.8) is 0 Å². The molecule has 0 spiro atoms.